The van der Waals surface area contributed by atoms with E-state index in [4.69, 9.17) is 16.3 Å². The third-order valence-electron chi connectivity index (χ3n) is 7.23. The van der Waals surface area contributed by atoms with Gasteiger partial charge in [-0.15, -0.1) is 0 Å². The lowest BCUT2D eigenvalue weighted by molar-refractivity contribution is -0.117. The minimum absolute atomic E-state index is 0.00363. The van der Waals surface area contributed by atoms with Crippen molar-refractivity contribution in [1.82, 2.24) is 4.90 Å². The Hall–Kier alpha value is -2.60. The summed E-state index contributed by atoms with van der Waals surface area (Å²) >= 11 is 6.52. The van der Waals surface area contributed by atoms with Gasteiger partial charge in [-0.25, -0.2) is 4.79 Å². The van der Waals surface area contributed by atoms with Crippen LogP contribution in [0.3, 0.4) is 0 Å². The van der Waals surface area contributed by atoms with Gasteiger partial charge >= 0.3 is 6.09 Å². The summed E-state index contributed by atoms with van der Waals surface area (Å²) in [7, 11) is 0. The van der Waals surface area contributed by atoms with Crippen molar-refractivity contribution < 1.29 is 19.1 Å². The predicted molar refractivity (Wildman–Crippen MR) is 150 cm³/mol. The Balaban J connectivity index is 1.72. The number of likely N-dealkylation sites (tertiary alicyclic amines) is 1. The van der Waals surface area contributed by atoms with Gasteiger partial charge in [0.15, 0.2) is 11.6 Å². The molecule has 1 atom stereocenters. The Bertz CT molecular complexity index is 1110. The summed E-state index contributed by atoms with van der Waals surface area (Å²) in [5, 5.41) is 0.525. The molecule has 2 aliphatic rings. The highest BCUT2D eigenvalue weighted by atomic mass is 35.5. The van der Waals surface area contributed by atoms with Gasteiger partial charge < -0.3 is 14.5 Å². The fraction of sp³-hybridized carbons (Fsp3) is 0.567. The Labute approximate surface area is 226 Å². The molecule has 0 N–H and O–H groups in total. The number of Topliss-reactive ketones (excluding diaryl/α,β-unsaturated/α-hetero) is 1. The first-order chi connectivity index (χ1) is 17.3. The van der Waals surface area contributed by atoms with E-state index in [2.05, 4.69) is 11.8 Å². The number of rotatable bonds is 7. The average Bonchev–Trinajstić information content (AvgIpc) is 2.80. The summed E-state index contributed by atoms with van der Waals surface area (Å²) < 4.78 is 5.54. The van der Waals surface area contributed by atoms with Crippen LogP contribution in [0, 0.1) is 12.8 Å². The lowest BCUT2D eigenvalue weighted by Crippen LogP contribution is -2.48. The zero-order valence-electron chi connectivity index (χ0n) is 23.3. The molecule has 6 nitrogen and oxygen atoms in total. The molecule has 0 saturated carbocycles. The van der Waals surface area contributed by atoms with Crippen LogP contribution in [0.1, 0.15) is 83.1 Å². The number of ether oxygens (including phenoxy) is 1. The second kappa shape index (κ2) is 11.8. The normalized spacial score (nSPS) is 18.9. The van der Waals surface area contributed by atoms with Gasteiger partial charge in [-0.2, -0.15) is 0 Å². The van der Waals surface area contributed by atoms with Crippen LogP contribution in [0.15, 0.2) is 35.4 Å². The van der Waals surface area contributed by atoms with Crippen LogP contribution in [0.5, 0.6) is 0 Å². The molecule has 0 radical (unpaired) electrons. The number of piperidine rings is 1. The van der Waals surface area contributed by atoms with Gasteiger partial charge in [0.1, 0.15) is 5.60 Å². The summed E-state index contributed by atoms with van der Waals surface area (Å²) in [5.41, 5.74) is 3.93. The maximum absolute atomic E-state index is 13.3. The molecule has 1 aliphatic heterocycles. The van der Waals surface area contributed by atoms with Crippen molar-refractivity contribution in [2.75, 3.05) is 24.5 Å². The van der Waals surface area contributed by atoms with Crippen LogP contribution in [0.4, 0.5) is 10.5 Å². The average molecular weight is 529 g/mol. The van der Waals surface area contributed by atoms with Crippen molar-refractivity contribution in [3.05, 3.63) is 51.6 Å². The van der Waals surface area contributed by atoms with Gasteiger partial charge in [0.2, 0.25) is 0 Å². The number of benzene rings is 1. The lowest BCUT2D eigenvalue weighted by atomic mass is 9.84. The van der Waals surface area contributed by atoms with E-state index in [9.17, 15) is 14.4 Å². The first-order valence-electron chi connectivity index (χ1n) is 13.3. The number of hydrogen-bond donors (Lipinski definition) is 0. The quantitative estimate of drug-likeness (QED) is 0.359. The topological polar surface area (TPSA) is 66.9 Å². The highest BCUT2D eigenvalue weighted by Gasteiger charge is 2.31. The minimum Gasteiger partial charge on any atom is -0.444 e. The van der Waals surface area contributed by atoms with E-state index in [1.807, 2.05) is 53.7 Å². The van der Waals surface area contributed by atoms with E-state index in [-0.39, 0.29) is 36.0 Å². The first-order valence-corrected chi connectivity index (χ1v) is 13.7. The van der Waals surface area contributed by atoms with Gasteiger partial charge in [-0.05, 0) is 97.1 Å². The number of nitrogens with zero attached hydrogens (tertiary/aromatic N) is 2. The fourth-order valence-corrected chi connectivity index (χ4v) is 5.61. The Kier molecular flexibility index (Phi) is 9.27. The molecule has 37 heavy (non-hydrogen) atoms. The number of carbonyl (C=O) groups excluding carboxylic acids is 3. The van der Waals surface area contributed by atoms with E-state index in [1.54, 1.807) is 17.0 Å². The molecule has 1 aromatic carbocycles. The molecule has 0 aromatic heterocycles. The maximum atomic E-state index is 13.3. The first kappa shape index (κ1) is 29.0. The molecule has 202 valence electrons. The number of amides is 1. The summed E-state index contributed by atoms with van der Waals surface area (Å²) in [6.07, 6.45) is 5.81. The second-order valence-electron chi connectivity index (χ2n) is 11.3. The molecule has 1 unspecified atom stereocenters. The molecule has 1 saturated heterocycles. The number of ketones is 2. The zero-order chi connectivity index (χ0) is 27.5. The molecule has 1 amide bonds. The molecule has 0 spiro atoms. The fourth-order valence-electron chi connectivity index (χ4n) is 5.40. The van der Waals surface area contributed by atoms with Crippen LogP contribution >= 0.6 is 11.6 Å². The predicted octanol–water partition coefficient (Wildman–Crippen LogP) is 6.93. The number of carbonyl (C=O) groups is 3. The van der Waals surface area contributed by atoms with Crippen LogP contribution in [-0.4, -0.2) is 53.8 Å². The van der Waals surface area contributed by atoms with Crippen molar-refractivity contribution in [2.45, 2.75) is 85.8 Å². The van der Waals surface area contributed by atoms with E-state index < -0.39 is 5.60 Å². The highest BCUT2D eigenvalue weighted by Crippen LogP contribution is 2.33. The van der Waals surface area contributed by atoms with Gasteiger partial charge in [-0.3, -0.25) is 9.59 Å². The minimum atomic E-state index is -0.515. The van der Waals surface area contributed by atoms with Crippen molar-refractivity contribution >= 4 is 34.9 Å². The van der Waals surface area contributed by atoms with E-state index in [0.717, 1.165) is 41.8 Å². The summed E-state index contributed by atoms with van der Waals surface area (Å²) in [6.45, 7) is 15.6. The Morgan fingerprint density at radius 3 is 2.32 bits per heavy atom. The monoisotopic (exact) mass is 528 g/mol. The molecule has 1 aliphatic carbocycles. The van der Waals surface area contributed by atoms with Gasteiger partial charge in [0, 0.05) is 54.3 Å². The molecule has 3 rings (SSSR count). The van der Waals surface area contributed by atoms with Crippen LogP contribution in [-0.2, 0) is 9.53 Å². The smallest absolute Gasteiger partial charge is 0.410 e. The van der Waals surface area contributed by atoms with Crippen LogP contribution < -0.4 is 4.90 Å². The SMILES string of the molecule is CCN(c1cc(Cl)cc(C(=O)CCC2C(=O)C=C(C)C=C2C)c1C)C1CCN(C(=O)OC(C)(C)C)CC1. The lowest BCUT2D eigenvalue weighted by Gasteiger charge is -2.40. The van der Waals surface area contributed by atoms with Crippen molar-refractivity contribution in [1.29, 1.82) is 0 Å². The summed E-state index contributed by atoms with van der Waals surface area (Å²) in [6, 6.07) is 3.91. The van der Waals surface area contributed by atoms with E-state index in [0.29, 0.717) is 30.1 Å². The number of hydrogen-bond acceptors (Lipinski definition) is 5. The van der Waals surface area contributed by atoms with Gasteiger partial charge in [-0.1, -0.05) is 23.3 Å². The highest BCUT2D eigenvalue weighted by molar-refractivity contribution is 6.31. The van der Waals surface area contributed by atoms with Crippen molar-refractivity contribution in [3.63, 3.8) is 0 Å². The third-order valence-corrected chi connectivity index (χ3v) is 7.45. The molecule has 1 fully saturated rings. The second-order valence-corrected chi connectivity index (χ2v) is 11.7. The van der Waals surface area contributed by atoms with Crippen molar-refractivity contribution in [2.24, 2.45) is 5.92 Å². The Morgan fingerprint density at radius 2 is 1.76 bits per heavy atom. The molecule has 1 heterocycles. The molecular weight excluding hydrogens is 488 g/mol. The Morgan fingerprint density at radius 1 is 1.11 bits per heavy atom. The van der Waals surface area contributed by atoms with E-state index >= 15 is 0 Å². The number of halogens is 1. The van der Waals surface area contributed by atoms with Gasteiger partial charge in [0.25, 0.3) is 0 Å². The zero-order valence-corrected chi connectivity index (χ0v) is 24.1. The third kappa shape index (κ3) is 7.25. The standard InChI is InChI=1S/C30H41ClN2O4/c1-8-33(23-11-13-32(14-12-23)29(36)37-30(5,6)7)26-18-22(31)17-25(21(26)4)27(34)10-9-24-20(3)15-19(2)16-28(24)35/h15-18,23-24H,8-14H2,1-7H3. The van der Waals surface area contributed by atoms with Gasteiger partial charge in [0.05, 0.1) is 0 Å². The summed E-state index contributed by atoms with van der Waals surface area (Å²) in [4.78, 5) is 42.4. The van der Waals surface area contributed by atoms with Crippen LogP contribution in [0.25, 0.3) is 0 Å². The van der Waals surface area contributed by atoms with Crippen LogP contribution in [0.2, 0.25) is 5.02 Å². The maximum Gasteiger partial charge on any atom is 0.410 e. The molecule has 0 bridgehead atoms. The number of anilines is 1. The summed E-state index contributed by atoms with van der Waals surface area (Å²) in [5.74, 6) is -0.165. The molecular formula is C30H41ClN2O4. The van der Waals surface area contributed by atoms with Crippen molar-refractivity contribution in [3.8, 4) is 0 Å². The largest absolute Gasteiger partial charge is 0.444 e. The molecule has 7 heteroatoms. The molecule has 1 aromatic rings. The van der Waals surface area contributed by atoms with E-state index in [1.165, 1.54) is 0 Å². The number of allylic oxidation sites excluding steroid dienone is 4.